The number of fused-ring (bicyclic) bond motifs is 12. The van der Waals surface area contributed by atoms with Crippen LogP contribution in [0.1, 0.15) is 262 Å². The molecule has 8 aliphatic heterocycles. The quantitative estimate of drug-likeness (QED) is 0.0926. The van der Waals surface area contributed by atoms with Gasteiger partial charge in [0.15, 0.2) is 46.0 Å². The number of methoxy groups -OCH3 is 8. The molecule has 4 saturated heterocycles. The van der Waals surface area contributed by atoms with Gasteiger partial charge in [0.2, 0.25) is 0 Å². The Bertz CT molecular complexity index is 5560. The van der Waals surface area contributed by atoms with Crippen LogP contribution in [0.2, 0.25) is 0 Å². The molecule has 0 aliphatic carbocycles. The van der Waals surface area contributed by atoms with Crippen molar-refractivity contribution in [1.29, 1.82) is 0 Å². The zero-order valence-corrected chi connectivity index (χ0v) is 52.4. The molecule has 0 bridgehead atoms. The van der Waals surface area contributed by atoms with E-state index in [4.69, 9.17) is 112 Å². The number of hydrogen-bond donors (Lipinski definition) is 0. The molecule has 4 aromatic carbocycles. The van der Waals surface area contributed by atoms with Crippen LogP contribution >= 0.6 is 0 Å². The van der Waals surface area contributed by atoms with Gasteiger partial charge in [0.05, 0.1) is 89.2 Å². The summed E-state index contributed by atoms with van der Waals surface area (Å²) < 4.78 is 469. The minimum absolute atomic E-state index is 0.0144. The van der Waals surface area contributed by atoms with Crippen LogP contribution < -0.4 is 37.9 Å². The lowest BCUT2D eigenvalue weighted by atomic mass is 9.79. The zero-order chi connectivity index (χ0) is 114. The normalized spacial score (nSPS) is 40.5. The third kappa shape index (κ3) is 16.4. The number of piperidine rings is 4. The van der Waals surface area contributed by atoms with Gasteiger partial charge in [-0.05, 0) is 168 Å². The molecule has 0 saturated carbocycles. The van der Waals surface area contributed by atoms with Crippen LogP contribution in [0.15, 0.2) is 48.5 Å². The number of ether oxygens (including phenoxy) is 8. The summed E-state index contributed by atoms with van der Waals surface area (Å²) in [5.41, 5.74) is 2.07. The number of rotatable bonds is 18. The first kappa shape index (κ1) is 29.5. The highest BCUT2D eigenvalue weighted by Gasteiger charge is 2.43. The van der Waals surface area contributed by atoms with Crippen molar-refractivity contribution in [2.75, 3.05) is 108 Å². The van der Waals surface area contributed by atoms with Crippen LogP contribution in [0.5, 0.6) is 46.0 Å². The summed E-state index contributed by atoms with van der Waals surface area (Å²) in [6, 6.07) is 4.15. The van der Waals surface area contributed by atoms with E-state index < -0.39 is 253 Å². The van der Waals surface area contributed by atoms with Crippen molar-refractivity contribution in [1.82, 2.24) is 19.6 Å². The van der Waals surface area contributed by atoms with Gasteiger partial charge in [0.1, 0.15) is 23.1 Å². The third-order valence-corrected chi connectivity index (χ3v) is 16.9. The number of benzene rings is 4. The minimum atomic E-state index is -4.20. The van der Waals surface area contributed by atoms with Gasteiger partial charge in [-0.3, -0.25) is 38.8 Å². The summed E-state index contributed by atoms with van der Waals surface area (Å²) in [5, 5.41) is 0. The summed E-state index contributed by atoms with van der Waals surface area (Å²) in [6.45, 7) is -10.2. The number of hydrogen-bond acceptors (Lipinski definition) is 16. The highest BCUT2D eigenvalue weighted by molar-refractivity contribution is 5.85. The van der Waals surface area contributed by atoms with Gasteiger partial charge in [-0.15, -0.1) is 0 Å². The predicted octanol–water partition coefficient (Wildman–Crippen LogP) is 13.7. The van der Waals surface area contributed by atoms with E-state index in [1.165, 1.54) is 24.3 Å². The van der Waals surface area contributed by atoms with E-state index in [1.807, 2.05) is 13.8 Å². The molecule has 10 atom stereocenters. The lowest BCUT2D eigenvalue weighted by Crippen LogP contribution is -2.46. The second-order valence-electron chi connectivity index (χ2n) is 23.8. The van der Waals surface area contributed by atoms with Crippen molar-refractivity contribution in [3.63, 3.8) is 0 Å². The molecule has 516 valence electrons. The molecule has 4 fully saturated rings. The molecule has 0 spiro atoms. The van der Waals surface area contributed by atoms with Crippen LogP contribution in [0, 0.1) is 47.2 Å². The highest BCUT2D eigenvalue weighted by atomic mass is 16.5. The Balaban J connectivity index is 0.000000221. The summed E-state index contributed by atoms with van der Waals surface area (Å²) in [6.07, 6.45) is -20.1. The third-order valence-electron chi connectivity index (χ3n) is 16.9. The molecule has 8 heterocycles. The van der Waals surface area contributed by atoms with Crippen LogP contribution in [0.25, 0.3) is 0 Å². The molecular formula is C78H112N4O12. The van der Waals surface area contributed by atoms with Crippen LogP contribution in [-0.4, -0.2) is 151 Å². The molecular weight excluding hydrogens is 1180 g/mol. The average Bonchev–Trinajstić information content (AvgIpc) is 0.659. The fourth-order valence-corrected chi connectivity index (χ4v) is 12.4. The fraction of sp³-hybridized carbons (Fsp3) is 0.641. The lowest BCUT2D eigenvalue weighted by molar-refractivity contribution is -0.130. The molecule has 0 aromatic heterocycles. The van der Waals surface area contributed by atoms with E-state index in [9.17, 15) is 19.2 Å². The Labute approximate surface area is 638 Å². The smallest absolute Gasteiger partial charge is 0.161 e. The van der Waals surface area contributed by atoms with Gasteiger partial charge in [-0.2, -0.15) is 0 Å². The molecule has 94 heavy (non-hydrogen) atoms. The van der Waals surface area contributed by atoms with E-state index in [0.717, 1.165) is 34.1 Å². The van der Waals surface area contributed by atoms with Crippen molar-refractivity contribution in [3.05, 3.63) is 93.0 Å². The Morgan fingerprint density at radius 3 is 1.12 bits per heavy atom. The van der Waals surface area contributed by atoms with Gasteiger partial charge >= 0.3 is 0 Å². The van der Waals surface area contributed by atoms with Gasteiger partial charge in [-0.1, -0.05) is 68.0 Å². The van der Waals surface area contributed by atoms with Crippen LogP contribution in [0.3, 0.4) is 0 Å². The lowest BCUT2D eigenvalue weighted by Gasteiger charge is -2.43. The van der Waals surface area contributed by atoms with Crippen LogP contribution in [0.4, 0.5) is 0 Å². The largest absolute Gasteiger partial charge is 0.493 e. The molecule has 0 amide bonds. The van der Waals surface area contributed by atoms with Crippen molar-refractivity contribution in [3.8, 4) is 46.0 Å². The topological polar surface area (TPSA) is 155 Å². The summed E-state index contributed by atoms with van der Waals surface area (Å²) in [7, 11) is -23.8. The van der Waals surface area contributed by atoms with E-state index in [1.54, 1.807) is 18.7 Å². The van der Waals surface area contributed by atoms with Crippen LogP contribution in [-0.2, 0) is 44.9 Å². The Kier molecular flexibility index (Phi) is 10.3. The Hall–Kier alpha value is -6.20. The van der Waals surface area contributed by atoms with E-state index >= 15 is 0 Å². The molecule has 8 aliphatic rings. The van der Waals surface area contributed by atoms with Gasteiger partial charge in [0, 0.05) is 167 Å². The maximum atomic E-state index is 13.9. The number of carbonyl (C=O) groups excluding carboxylic acids is 4. The molecule has 16 nitrogen and oxygen atoms in total. The number of carbonyl (C=O) groups is 4. The van der Waals surface area contributed by atoms with Crippen molar-refractivity contribution < 1.29 is 131 Å². The van der Waals surface area contributed by atoms with Crippen molar-refractivity contribution >= 4 is 23.1 Å². The van der Waals surface area contributed by atoms with Crippen molar-refractivity contribution in [2.45, 2.75) is 169 Å². The first-order valence-corrected chi connectivity index (χ1v) is 30.1. The molecule has 10 unspecified atom stereocenters. The average molecular weight is 1350 g/mol. The molecule has 0 N–H and O–H groups in total. The molecule has 4 aromatic rings. The first-order valence-electron chi connectivity index (χ1n) is 57.1. The summed E-state index contributed by atoms with van der Waals surface area (Å²) in [5.74, 6) is -25.3. The monoisotopic (exact) mass is 1350 g/mol. The molecule has 0 radical (unpaired) electrons. The van der Waals surface area contributed by atoms with Gasteiger partial charge in [-0.25, -0.2) is 0 Å². The molecule has 12 rings (SSSR count). The zero-order valence-electron chi connectivity index (χ0n) is 106. The SMILES string of the molecule is [2H]C([2H])([2H])Oc1cc2c(cc1OC([2H])([2H])[2H])C1CC(=O)C(C([2H])([2H])C([2H])(C([2H])([2H])[2H])C([2H])([2H])C)C([2H])([2H])N1CC2.[2H]C([2H])([2H])Oc1cc2c(cc1OC([2H])([2H])[2H])C1CC(=O)C(CC(C)C)C([2H])([2H])N1CC2.[2H]C([2H])([2H])Oc1cc2c(cc1OC([2H])([2H])[2H])C1N(CC2)C([2H])([2H])C([2H])(C([2H])([2H])C([2H])(C([2H])([2H])[2H])C([2H])([2H])C)C(=O)C1([2H])[2H].[2H]C([2H])([2H])Oc1cc2c(cc1OC([2H])([2H])[2H])C1N(CC2)C([2H])([2H])C([2H])(CC(C)C)C(=O)C1([2H])[2H]. The second kappa shape index (κ2) is 32.7. The minimum Gasteiger partial charge on any atom is -0.493 e. The van der Waals surface area contributed by atoms with Gasteiger partial charge in [0.25, 0.3) is 0 Å². The standard InChI is InChI=1S/2C20H29NO3.2C19H27NO3/c2*1-5-13(2)8-15-12-21-7-6-14-9-19(23-3)20(24-4)10-16(14)17(21)11-18(15)22;2*1-12(2)7-14-11-20-6-5-13-8-18(22-3)19(23-4)9-15(13)16(20)10-17(14)21/h2*9-10,13,15,17H,5-8,11-12H2,1-4H3;2*8-9,12,14,16H,5-7,10-11H2,1-4H3/i2D3,3D3,4D3,5D2,8D2,11D2,12D2,13D,15D;2D3,3D3,4D3,5D2,8D2,12D2,13D;3D3,4D3,10D2,11D2,14D;3D3,4D3,11D2. The van der Waals surface area contributed by atoms with Crippen molar-refractivity contribution in [2.24, 2.45) is 47.2 Å². The van der Waals surface area contributed by atoms with Gasteiger partial charge < -0.3 is 37.9 Å². The molecule has 16 heteroatoms. The van der Waals surface area contributed by atoms with E-state index in [2.05, 4.69) is 0 Å². The Morgan fingerprint density at radius 1 is 0.436 bits per heavy atom. The number of ketones is 4. The maximum absolute atomic E-state index is 13.9. The predicted molar refractivity (Wildman–Crippen MR) is 370 cm³/mol. The number of Topliss-reactive ketones (excluding diaryl/α,β-unsaturated/α-hetero) is 4. The van der Waals surface area contributed by atoms with E-state index in [-0.39, 0.29) is 102 Å². The summed E-state index contributed by atoms with van der Waals surface area (Å²) >= 11 is 0. The summed E-state index contributed by atoms with van der Waals surface area (Å²) in [4.78, 5) is 58.0. The number of nitrogens with zero attached hydrogens (tertiary/aromatic N) is 4. The second-order valence-corrected chi connectivity index (χ2v) is 23.8. The Morgan fingerprint density at radius 2 is 0.755 bits per heavy atom. The van der Waals surface area contributed by atoms with E-state index in [0.29, 0.717) is 60.4 Å². The fourth-order valence-electron chi connectivity index (χ4n) is 12.4. The maximum Gasteiger partial charge on any atom is 0.161 e. The first-order chi connectivity index (χ1) is 65.7. The highest BCUT2D eigenvalue weighted by Crippen LogP contribution is 2.48.